The molecule has 2 fully saturated rings. The van der Waals surface area contributed by atoms with E-state index in [4.69, 9.17) is 0 Å². The fourth-order valence-corrected chi connectivity index (χ4v) is 4.58. The van der Waals surface area contributed by atoms with E-state index in [1.807, 2.05) is 11.8 Å². The second kappa shape index (κ2) is 9.77. The van der Waals surface area contributed by atoms with Crippen molar-refractivity contribution in [2.75, 3.05) is 19.6 Å². The van der Waals surface area contributed by atoms with Crippen LogP contribution in [0.5, 0.6) is 0 Å². The van der Waals surface area contributed by atoms with Crippen molar-refractivity contribution in [1.29, 1.82) is 0 Å². The van der Waals surface area contributed by atoms with Crippen molar-refractivity contribution in [3.63, 3.8) is 0 Å². The van der Waals surface area contributed by atoms with Crippen LogP contribution in [-0.2, 0) is 17.5 Å². The molecule has 0 radical (unpaired) electrons. The van der Waals surface area contributed by atoms with Crippen LogP contribution in [0.25, 0.3) is 0 Å². The molecule has 0 spiro atoms. The first-order valence-corrected chi connectivity index (χ1v) is 11.1. The Morgan fingerprint density at radius 2 is 2.07 bits per heavy atom. The maximum absolute atomic E-state index is 12.7. The van der Waals surface area contributed by atoms with Gasteiger partial charge in [0.15, 0.2) is 11.7 Å². The lowest BCUT2D eigenvalue weighted by Crippen LogP contribution is -2.45. The Labute approximate surface area is 173 Å². The third-order valence-electron chi connectivity index (χ3n) is 5.35. The van der Waals surface area contributed by atoms with Gasteiger partial charge < -0.3 is 15.5 Å². The van der Waals surface area contributed by atoms with Gasteiger partial charge >= 0.3 is 6.18 Å². The fourth-order valence-electron chi connectivity index (χ4n) is 3.86. The van der Waals surface area contributed by atoms with E-state index < -0.39 is 11.9 Å². The monoisotopic (exact) mass is 431 g/mol. The lowest BCUT2D eigenvalue weighted by Gasteiger charge is -2.26. The lowest BCUT2D eigenvalue weighted by atomic mass is 9.88. The molecule has 29 heavy (non-hydrogen) atoms. The van der Waals surface area contributed by atoms with Crippen molar-refractivity contribution in [3.8, 4) is 0 Å². The molecule has 1 aliphatic carbocycles. The van der Waals surface area contributed by atoms with Gasteiger partial charge in [-0.15, -0.1) is 11.3 Å². The molecule has 1 atom stereocenters. The van der Waals surface area contributed by atoms with Crippen molar-refractivity contribution in [2.45, 2.75) is 64.2 Å². The summed E-state index contributed by atoms with van der Waals surface area (Å²) in [5, 5.41) is 7.75. The largest absolute Gasteiger partial charge is 0.434 e. The number of likely N-dealkylation sites (tertiary alicyclic amines) is 1. The van der Waals surface area contributed by atoms with Gasteiger partial charge in [0, 0.05) is 37.0 Å². The van der Waals surface area contributed by atoms with Crippen LogP contribution in [0.4, 0.5) is 13.2 Å². The highest BCUT2D eigenvalue weighted by atomic mass is 32.1. The second-order valence-corrected chi connectivity index (χ2v) is 8.51. The summed E-state index contributed by atoms with van der Waals surface area (Å²) in [7, 11) is 0. The zero-order chi connectivity index (χ0) is 20.9. The van der Waals surface area contributed by atoms with Gasteiger partial charge in [0.05, 0.1) is 6.54 Å². The zero-order valence-corrected chi connectivity index (χ0v) is 17.4. The first-order chi connectivity index (χ1) is 13.9. The smallest absolute Gasteiger partial charge is 0.357 e. The van der Waals surface area contributed by atoms with Gasteiger partial charge in [-0.1, -0.05) is 19.3 Å². The Bertz CT molecular complexity index is 715. The number of carbonyl (C=O) groups is 1. The van der Waals surface area contributed by atoms with Gasteiger partial charge in [0.25, 0.3) is 0 Å². The molecule has 1 saturated carbocycles. The number of alkyl halides is 3. The zero-order valence-electron chi connectivity index (χ0n) is 16.6. The first-order valence-electron chi connectivity index (χ1n) is 10.2. The molecule has 1 amide bonds. The average molecular weight is 432 g/mol. The minimum absolute atomic E-state index is 0.0769. The Morgan fingerprint density at radius 3 is 2.72 bits per heavy atom. The van der Waals surface area contributed by atoms with Crippen LogP contribution >= 0.6 is 11.3 Å². The van der Waals surface area contributed by atoms with Crippen LogP contribution in [0.15, 0.2) is 10.4 Å². The molecular formula is C19H28F3N5OS. The number of amides is 1. The van der Waals surface area contributed by atoms with Crippen molar-refractivity contribution in [1.82, 2.24) is 20.5 Å². The summed E-state index contributed by atoms with van der Waals surface area (Å²) in [6.07, 6.45) is 1.88. The molecule has 2 N–H and O–H groups in total. The number of carbonyl (C=O) groups excluding carboxylic acids is 1. The normalized spacial score (nSPS) is 21.4. The number of rotatable bonds is 5. The van der Waals surface area contributed by atoms with Gasteiger partial charge in [-0.2, -0.15) is 13.2 Å². The summed E-state index contributed by atoms with van der Waals surface area (Å²) in [5.41, 5.74) is -0.877. The van der Waals surface area contributed by atoms with Gasteiger partial charge in [-0.25, -0.2) is 9.98 Å². The molecular weight excluding hydrogens is 403 g/mol. The molecule has 0 bridgehead atoms. The summed E-state index contributed by atoms with van der Waals surface area (Å²) in [5.74, 6) is 0.962. The topological polar surface area (TPSA) is 69.6 Å². The van der Waals surface area contributed by atoms with E-state index in [2.05, 4.69) is 20.6 Å². The van der Waals surface area contributed by atoms with Crippen LogP contribution in [0.3, 0.4) is 0 Å². The van der Waals surface area contributed by atoms with E-state index in [0.29, 0.717) is 24.1 Å². The fraction of sp³-hybridized carbons (Fsp3) is 0.737. The predicted molar refractivity (Wildman–Crippen MR) is 107 cm³/mol. The third kappa shape index (κ3) is 6.07. The lowest BCUT2D eigenvalue weighted by molar-refractivity contribution is -0.140. The van der Waals surface area contributed by atoms with E-state index >= 15 is 0 Å². The van der Waals surface area contributed by atoms with Crippen LogP contribution in [0, 0.1) is 5.92 Å². The highest BCUT2D eigenvalue weighted by Gasteiger charge is 2.34. The van der Waals surface area contributed by atoms with Crippen LogP contribution in [0.2, 0.25) is 0 Å². The number of hydrogen-bond donors (Lipinski definition) is 2. The molecule has 1 saturated heterocycles. The maximum Gasteiger partial charge on any atom is 0.434 e. The van der Waals surface area contributed by atoms with E-state index in [1.165, 1.54) is 6.42 Å². The Morgan fingerprint density at radius 1 is 1.31 bits per heavy atom. The molecule has 2 aliphatic rings. The maximum atomic E-state index is 12.7. The molecule has 3 rings (SSSR count). The summed E-state index contributed by atoms with van der Waals surface area (Å²) < 4.78 is 38.0. The molecule has 162 valence electrons. The van der Waals surface area contributed by atoms with E-state index in [-0.39, 0.29) is 24.4 Å². The third-order valence-corrected chi connectivity index (χ3v) is 6.19. The van der Waals surface area contributed by atoms with E-state index in [9.17, 15) is 18.0 Å². The quantitative estimate of drug-likeness (QED) is 0.554. The molecule has 2 heterocycles. The number of thiazole rings is 1. The molecule has 1 aromatic rings. The molecule has 1 unspecified atom stereocenters. The molecule has 0 aromatic carbocycles. The minimum atomic E-state index is -4.43. The van der Waals surface area contributed by atoms with E-state index in [1.54, 1.807) is 0 Å². The average Bonchev–Trinajstić information content (AvgIpc) is 3.36. The Balaban J connectivity index is 1.54. The van der Waals surface area contributed by atoms with Crippen LogP contribution in [-0.4, -0.2) is 47.4 Å². The van der Waals surface area contributed by atoms with Gasteiger partial charge in [0.2, 0.25) is 5.91 Å². The molecule has 1 aliphatic heterocycles. The van der Waals surface area contributed by atoms with Gasteiger partial charge in [-0.3, -0.25) is 4.79 Å². The number of nitrogens with one attached hydrogen (secondary N) is 2. The van der Waals surface area contributed by atoms with Crippen molar-refractivity contribution >= 4 is 23.2 Å². The number of halogens is 3. The number of nitrogens with zero attached hydrogens (tertiary/aromatic N) is 3. The van der Waals surface area contributed by atoms with E-state index in [0.717, 1.165) is 55.4 Å². The summed E-state index contributed by atoms with van der Waals surface area (Å²) in [6.45, 7) is 4.00. The summed E-state index contributed by atoms with van der Waals surface area (Å²) in [4.78, 5) is 22.6. The van der Waals surface area contributed by atoms with Gasteiger partial charge in [-0.05, 0) is 26.2 Å². The predicted octanol–water partition coefficient (Wildman–Crippen LogP) is 3.40. The highest BCUT2D eigenvalue weighted by Crippen LogP contribution is 2.30. The van der Waals surface area contributed by atoms with Crippen LogP contribution in [0.1, 0.15) is 56.2 Å². The minimum Gasteiger partial charge on any atom is -0.357 e. The molecule has 10 heteroatoms. The summed E-state index contributed by atoms with van der Waals surface area (Å²) in [6, 6.07) is 0.0855. The van der Waals surface area contributed by atoms with Crippen LogP contribution < -0.4 is 10.6 Å². The number of hydrogen-bond acceptors (Lipinski definition) is 4. The number of guanidine groups is 1. The number of aliphatic imine (C=N–C) groups is 1. The summed E-state index contributed by atoms with van der Waals surface area (Å²) >= 11 is 0.953. The SMILES string of the molecule is CCNC(=NCc1nc(C(F)(F)F)cs1)NC1CCN(C(=O)C2CCCCC2)C1. The number of aromatic nitrogens is 1. The van der Waals surface area contributed by atoms with Crippen molar-refractivity contribution in [2.24, 2.45) is 10.9 Å². The van der Waals surface area contributed by atoms with Crippen molar-refractivity contribution in [3.05, 3.63) is 16.1 Å². The molecule has 1 aromatic heterocycles. The second-order valence-electron chi connectivity index (χ2n) is 7.57. The highest BCUT2D eigenvalue weighted by molar-refractivity contribution is 7.09. The molecule has 6 nitrogen and oxygen atoms in total. The van der Waals surface area contributed by atoms with Gasteiger partial charge in [0.1, 0.15) is 5.01 Å². The van der Waals surface area contributed by atoms with Crippen molar-refractivity contribution < 1.29 is 18.0 Å². The first kappa shape index (κ1) is 21.9. The Kier molecular flexibility index (Phi) is 7.37. The standard InChI is InChI=1S/C19H28F3N5OS/c1-2-23-18(24-10-16-26-15(12-29-16)19(20,21)22)25-14-8-9-27(11-14)17(28)13-6-4-3-5-7-13/h12-14H,2-11H2,1H3,(H2,23,24,25). The Hall–Kier alpha value is -1.84.